The summed E-state index contributed by atoms with van der Waals surface area (Å²) in [4.78, 5) is 15.3. The van der Waals surface area contributed by atoms with Crippen LogP contribution >= 0.6 is 0 Å². The van der Waals surface area contributed by atoms with Crippen LogP contribution in [0.5, 0.6) is 17.2 Å². The normalized spacial score (nSPS) is 15.5. The smallest absolute Gasteiger partial charge is 0.261 e. The summed E-state index contributed by atoms with van der Waals surface area (Å²) < 4.78 is 44.5. The number of hydrogen-bond acceptors (Lipinski definition) is 6. The Morgan fingerprint density at radius 2 is 1.63 bits per heavy atom. The number of hydrogen-bond donors (Lipinski definition) is 1. The van der Waals surface area contributed by atoms with E-state index in [1.54, 1.807) is 55.5 Å². The molecule has 0 saturated carbocycles. The fourth-order valence-electron chi connectivity index (χ4n) is 4.27. The van der Waals surface area contributed by atoms with Crippen molar-refractivity contribution < 1.29 is 27.4 Å². The number of nitrogens with zero attached hydrogens (tertiary/aromatic N) is 1. The molecule has 1 amide bonds. The number of anilines is 1. The second kappa shape index (κ2) is 10.3. The molecule has 1 N–H and O–H groups in total. The number of amides is 1. The summed E-state index contributed by atoms with van der Waals surface area (Å²) >= 11 is 0. The van der Waals surface area contributed by atoms with E-state index in [0.717, 1.165) is 18.4 Å². The van der Waals surface area contributed by atoms with Gasteiger partial charge in [0.25, 0.3) is 15.9 Å². The molecule has 3 aromatic carbocycles. The Morgan fingerprint density at radius 3 is 2.31 bits per heavy atom. The number of carbonyl (C=O) groups is 1. The SMILES string of the molecule is COc1ccc(NS(=O)(=O)c2cccc(C(=O)N3CCC[C@@H]3c3cc(OC)ccc3OC)c2)cc1. The maximum Gasteiger partial charge on any atom is 0.261 e. The largest absolute Gasteiger partial charge is 0.497 e. The second-order valence-electron chi connectivity index (χ2n) is 8.13. The highest BCUT2D eigenvalue weighted by Crippen LogP contribution is 2.39. The summed E-state index contributed by atoms with van der Waals surface area (Å²) in [6.45, 7) is 0.560. The van der Waals surface area contributed by atoms with Gasteiger partial charge >= 0.3 is 0 Å². The van der Waals surface area contributed by atoms with E-state index in [1.807, 2.05) is 18.2 Å². The maximum absolute atomic E-state index is 13.5. The molecule has 1 aliphatic heterocycles. The molecule has 3 aromatic rings. The number of methoxy groups -OCH3 is 3. The van der Waals surface area contributed by atoms with Crippen LogP contribution in [0, 0.1) is 0 Å². The standard InChI is InChI=1S/C26H28N2O6S/c1-32-20-11-9-19(10-12-20)27-35(30,31)22-7-4-6-18(16-22)26(29)28-15-5-8-24(28)23-17-21(33-2)13-14-25(23)34-3/h4,6-7,9-14,16-17,24,27H,5,8,15H2,1-3H3/t24-/m1/s1. The van der Waals surface area contributed by atoms with Crippen LogP contribution in [0.3, 0.4) is 0 Å². The minimum absolute atomic E-state index is 0.00822. The molecule has 1 heterocycles. The summed E-state index contributed by atoms with van der Waals surface area (Å²) in [5, 5.41) is 0. The minimum atomic E-state index is -3.90. The average Bonchev–Trinajstić information content (AvgIpc) is 3.38. The van der Waals surface area contributed by atoms with Crippen LogP contribution < -0.4 is 18.9 Å². The topological polar surface area (TPSA) is 94.2 Å². The van der Waals surface area contributed by atoms with Crippen molar-refractivity contribution >= 4 is 21.6 Å². The van der Waals surface area contributed by atoms with Crippen molar-refractivity contribution in [2.24, 2.45) is 0 Å². The quantitative estimate of drug-likeness (QED) is 0.494. The van der Waals surface area contributed by atoms with Gasteiger partial charge in [0.05, 0.1) is 32.3 Å². The highest BCUT2D eigenvalue weighted by atomic mass is 32.2. The van der Waals surface area contributed by atoms with Crippen LogP contribution in [-0.4, -0.2) is 47.1 Å². The molecule has 0 bridgehead atoms. The van der Waals surface area contributed by atoms with Gasteiger partial charge in [-0.25, -0.2) is 8.42 Å². The van der Waals surface area contributed by atoms with Crippen molar-refractivity contribution in [2.45, 2.75) is 23.8 Å². The minimum Gasteiger partial charge on any atom is -0.497 e. The van der Waals surface area contributed by atoms with Gasteiger partial charge in [0.15, 0.2) is 0 Å². The molecule has 0 aliphatic carbocycles. The van der Waals surface area contributed by atoms with E-state index in [1.165, 1.54) is 19.2 Å². The summed E-state index contributed by atoms with van der Waals surface area (Å²) in [6.07, 6.45) is 1.60. The molecule has 4 rings (SSSR count). The number of rotatable bonds is 8. The van der Waals surface area contributed by atoms with E-state index >= 15 is 0 Å². The maximum atomic E-state index is 13.5. The number of sulfonamides is 1. The molecule has 1 fully saturated rings. The molecule has 1 saturated heterocycles. The van der Waals surface area contributed by atoms with E-state index in [0.29, 0.717) is 35.0 Å². The lowest BCUT2D eigenvalue weighted by Gasteiger charge is -2.27. The monoisotopic (exact) mass is 496 g/mol. The zero-order valence-electron chi connectivity index (χ0n) is 19.9. The van der Waals surface area contributed by atoms with Crippen molar-refractivity contribution in [3.8, 4) is 17.2 Å². The molecule has 1 aliphatic rings. The summed E-state index contributed by atoms with van der Waals surface area (Å²) in [7, 11) is 0.829. The number of ether oxygens (including phenoxy) is 3. The summed E-state index contributed by atoms with van der Waals surface area (Å²) in [5.41, 5.74) is 1.56. The van der Waals surface area contributed by atoms with Crippen LogP contribution in [0.2, 0.25) is 0 Å². The number of likely N-dealkylation sites (tertiary alicyclic amines) is 1. The lowest BCUT2D eigenvalue weighted by Crippen LogP contribution is -2.31. The molecule has 9 heteroatoms. The van der Waals surface area contributed by atoms with Crippen LogP contribution in [-0.2, 0) is 10.0 Å². The third-order valence-corrected chi connectivity index (χ3v) is 7.42. The van der Waals surface area contributed by atoms with Gasteiger partial charge in [-0.2, -0.15) is 0 Å². The van der Waals surface area contributed by atoms with E-state index in [2.05, 4.69) is 4.72 Å². The zero-order valence-corrected chi connectivity index (χ0v) is 20.7. The van der Waals surface area contributed by atoms with E-state index in [4.69, 9.17) is 14.2 Å². The highest BCUT2D eigenvalue weighted by molar-refractivity contribution is 7.92. The Kier molecular flexibility index (Phi) is 7.16. The van der Waals surface area contributed by atoms with Gasteiger partial charge in [-0.1, -0.05) is 6.07 Å². The third kappa shape index (κ3) is 5.19. The third-order valence-electron chi connectivity index (χ3n) is 6.04. The first-order valence-electron chi connectivity index (χ1n) is 11.2. The Labute approximate surface area is 205 Å². The zero-order chi connectivity index (χ0) is 25.0. The van der Waals surface area contributed by atoms with Crippen molar-refractivity contribution in [3.05, 3.63) is 77.9 Å². The molecule has 35 heavy (non-hydrogen) atoms. The van der Waals surface area contributed by atoms with E-state index in [9.17, 15) is 13.2 Å². The van der Waals surface area contributed by atoms with Crippen molar-refractivity contribution in [1.29, 1.82) is 0 Å². The van der Waals surface area contributed by atoms with Gasteiger partial charge in [0, 0.05) is 23.4 Å². The fourth-order valence-corrected chi connectivity index (χ4v) is 5.37. The second-order valence-corrected chi connectivity index (χ2v) is 9.81. The first-order chi connectivity index (χ1) is 16.9. The van der Waals surface area contributed by atoms with Crippen LogP contribution in [0.25, 0.3) is 0 Å². The number of carbonyl (C=O) groups excluding carboxylic acids is 1. The van der Waals surface area contributed by atoms with Crippen LogP contribution in [0.4, 0.5) is 5.69 Å². The van der Waals surface area contributed by atoms with E-state index < -0.39 is 10.0 Å². The molecular formula is C26H28N2O6S. The first kappa shape index (κ1) is 24.4. The van der Waals surface area contributed by atoms with Crippen LogP contribution in [0.15, 0.2) is 71.6 Å². The lowest BCUT2D eigenvalue weighted by atomic mass is 10.0. The molecular weight excluding hydrogens is 468 g/mol. The van der Waals surface area contributed by atoms with Gasteiger partial charge < -0.3 is 19.1 Å². The molecule has 184 valence electrons. The van der Waals surface area contributed by atoms with Gasteiger partial charge in [-0.05, 0) is 73.5 Å². The van der Waals surface area contributed by atoms with Crippen molar-refractivity contribution in [2.75, 3.05) is 32.6 Å². The molecule has 0 aromatic heterocycles. The Bertz CT molecular complexity index is 1310. The van der Waals surface area contributed by atoms with Gasteiger partial charge in [0.1, 0.15) is 17.2 Å². The Morgan fingerprint density at radius 1 is 0.914 bits per heavy atom. The Balaban J connectivity index is 1.59. The molecule has 8 nitrogen and oxygen atoms in total. The van der Waals surface area contributed by atoms with Gasteiger partial charge in [-0.15, -0.1) is 0 Å². The Hall–Kier alpha value is -3.72. The average molecular weight is 497 g/mol. The molecule has 1 atom stereocenters. The van der Waals surface area contributed by atoms with Crippen molar-refractivity contribution in [3.63, 3.8) is 0 Å². The summed E-state index contributed by atoms with van der Waals surface area (Å²) in [5.74, 6) is 1.74. The predicted molar refractivity (Wildman–Crippen MR) is 133 cm³/mol. The van der Waals surface area contributed by atoms with Gasteiger partial charge in [0.2, 0.25) is 0 Å². The van der Waals surface area contributed by atoms with Gasteiger partial charge in [-0.3, -0.25) is 9.52 Å². The van der Waals surface area contributed by atoms with E-state index in [-0.39, 0.29) is 16.8 Å². The van der Waals surface area contributed by atoms with Crippen molar-refractivity contribution in [1.82, 2.24) is 4.90 Å². The number of nitrogens with one attached hydrogen (secondary N) is 1. The predicted octanol–water partition coefficient (Wildman–Crippen LogP) is 4.49. The highest BCUT2D eigenvalue weighted by Gasteiger charge is 2.33. The molecule has 0 radical (unpaired) electrons. The number of benzene rings is 3. The van der Waals surface area contributed by atoms with Crippen LogP contribution in [0.1, 0.15) is 34.8 Å². The molecule has 0 spiro atoms. The molecule has 0 unspecified atom stereocenters. The first-order valence-corrected chi connectivity index (χ1v) is 12.6. The lowest BCUT2D eigenvalue weighted by molar-refractivity contribution is 0.0733. The fraction of sp³-hybridized carbons (Fsp3) is 0.269. The summed E-state index contributed by atoms with van der Waals surface area (Å²) in [6, 6.07) is 18.0.